The van der Waals surface area contributed by atoms with Gasteiger partial charge in [-0.1, -0.05) is 98.7 Å². The van der Waals surface area contributed by atoms with Crippen molar-refractivity contribution in [3.63, 3.8) is 0 Å². The van der Waals surface area contributed by atoms with Crippen molar-refractivity contribution in [3.05, 3.63) is 137 Å². The van der Waals surface area contributed by atoms with Crippen molar-refractivity contribution < 1.29 is 22.2 Å². The van der Waals surface area contributed by atoms with Crippen LogP contribution in [0.5, 0.6) is 0 Å². The Morgan fingerprint density at radius 3 is 2.24 bits per heavy atom. The number of rotatable bonds is 10. The van der Waals surface area contributed by atoms with Gasteiger partial charge in [0.05, 0.1) is 11.4 Å². The molecule has 6 aromatic rings. The topological polar surface area (TPSA) is 102 Å². The van der Waals surface area contributed by atoms with E-state index in [-0.39, 0.29) is 29.5 Å². The first-order valence-corrected chi connectivity index (χ1v) is 16.7. The lowest BCUT2D eigenvalue weighted by Gasteiger charge is -2.21. The number of carbonyl (C=O) groups is 1. The van der Waals surface area contributed by atoms with Gasteiger partial charge in [0.15, 0.2) is 5.76 Å². The molecule has 0 spiro atoms. The van der Waals surface area contributed by atoms with Crippen molar-refractivity contribution in [2.24, 2.45) is 0 Å². The standard InChI is InChI=1S/C38H36N2O5S/c1-38(2,3)31-17-15-26(16-18-31)32(21-25-11-13-27(14-12-25)37(41)39-19-20-46(42)43)33-24-36(45-40-33)29-9-6-8-28(22-29)35-23-30-7-4-5-10-34(30)44-35/h4-18,22-24,32,46H,19-21H2,1-3H3,(H,39,41). The molecule has 1 unspecified atom stereocenters. The van der Waals surface area contributed by atoms with Crippen LogP contribution in [0.3, 0.4) is 0 Å². The number of aromatic nitrogens is 1. The summed E-state index contributed by atoms with van der Waals surface area (Å²) < 4.78 is 33.7. The van der Waals surface area contributed by atoms with Crippen LogP contribution in [0.15, 0.2) is 118 Å². The van der Waals surface area contributed by atoms with Crippen LogP contribution in [0.25, 0.3) is 33.6 Å². The first-order chi connectivity index (χ1) is 22.1. The fourth-order valence-corrected chi connectivity index (χ4v) is 5.83. The van der Waals surface area contributed by atoms with E-state index in [1.54, 1.807) is 12.1 Å². The Hall–Kier alpha value is -4.95. The van der Waals surface area contributed by atoms with Crippen LogP contribution in [0, 0.1) is 0 Å². The molecule has 0 saturated heterocycles. The molecule has 2 heterocycles. The molecule has 6 rings (SSSR count). The van der Waals surface area contributed by atoms with Crippen molar-refractivity contribution in [2.45, 2.75) is 38.5 Å². The Bertz CT molecular complexity index is 2010. The second-order valence-electron chi connectivity index (χ2n) is 12.5. The minimum absolute atomic E-state index is 0.0274. The van der Waals surface area contributed by atoms with Crippen molar-refractivity contribution in [3.8, 4) is 22.6 Å². The molecule has 1 atom stereocenters. The Morgan fingerprint density at radius 1 is 0.826 bits per heavy atom. The van der Waals surface area contributed by atoms with Gasteiger partial charge in [0.2, 0.25) is 0 Å². The molecule has 0 aliphatic rings. The number of nitrogens with one attached hydrogen (secondary N) is 1. The highest BCUT2D eigenvalue weighted by Gasteiger charge is 2.22. The zero-order chi connectivity index (χ0) is 32.3. The van der Waals surface area contributed by atoms with Gasteiger partial charge in [0.1, 0.15) is 22.0 Å². The molecule has 0 aliphatic heterocycles. The number of fused-ring (bicyclic) bond motifs is 1. The quantitative estimate of drug-likeness (QED) is 0.150. The molecule has 1 amide bonds. The number of benzene rings is 4. The molecule has 4 aromatic carbocycles. The summed E-state index contributed by atoms with van der Waals surface area (Å²) in [6.07, 6.45) is 0.637. The molecule has 234 valence electrons. The summed E-state index contributed by atoms with van der Waals surface area (Å²) >= 11 is 0. The van der Waals surface area contributed by atoms with E-state index in [1.807, 2.05) is 72.8 Å². The molecule has 0 aliphatic carbocycles. The summed E-state index contributed by atoms with van der Waals surface area (Å²) in [5, 5.41) is 8.26. The van der Waals surface area contributed by atoms with E-state index in [4.69, 9.17) is 8.94 Å². The van der Waals surface area contributed by atoms with Gasteiger partial charge in [0.25, 0.3) is 5.91 Å². The van der Waals surface area contributed by atoms with Crippen LogP contribution in [-0.4, -0.2) is 31.8 Å². The molecule has 0 bridgehead atoms. The van der Waals surface area contributed by atoms with E-state index in [2.05, 4.69) is 55.5 Å². The van der Waals surface area contributed by atoms with E-state index in [9.17, 15) is 13.2 Å². The largest absolute Gasteiger partial charge is 0.456 e. The number of furan rings is 1. The lowest BCUT2D eigenvalue weighted by atomic mass is 9.83. The van der Waals surface area contributed by atoms with Crippen LogP contribution in [0.1, 0.15) is 59.4 Å². The van der Waals surface area contributed by atoms with Gasteiger partial charge >= 0.3 is 0 Å². The lowest BCUT2D eigenvalue weighted by Crippen LogP contribution is -2.26. The van der Waals surface area contributed by atoms with Crippen LogP contribution in [0.2, 0.25) is 0 Å². The molecule has 46 heavy (non-hydrogen) atoms. The number of nitrogens with zero attached hydrogens (tertiary/aromatic N) is 1. The van der Waals surface area contributed by atoms with Gasteiger partial charge in [-0.3, -0.25) is 4.79 Å². The van der Waals surface area contributed by atoms with E-state index in [0.29, 0.717) is 17.7 Å². The Kier molecular flexibility index (Phi) is 8.90. The molecule has 0 fully saturated rings. The minimum Gasteiger partial charge on any atom is -0.456 e. The predicted molar refractivity (Wildman–Crippen MR) is 182 cm³/mol. The molecular formula is C38H36N2O5S. The van der Waals surface area contributed by atoms with Gasteiger partial charge in [-0.2, -0.15) is 0 Å². The first-order valence-electron chi connectivity index (χ1n) is 15.3. The summed E-state index contributed by atoms with van der Waals surface area (Å²) in [5.74, 6) is 0.967. The average molecular weight is 633 g/mol. The number of hydrogen-bond donors (Lipinski definition) is 2. The number of amides is 1. The SMILES string of the molecule is CC(C)(C)c1ccc(C(Cc2ccc(C(=O)NCC[SH](=O)=O)cc2)c2cc(-c3cccc(-c4cc5ccccc5o4)c3)on2)cc1. The third kappa shape index (κ3) is 7.13. The maximum atomic E-state index is 12.5. The monoisotopic (exact) mass is 632 g/mol. The molecule has 0 saturated carbocycles. The molecule has 1 N–H and O–H groups in total. The number of thiol groups is 1. The highest BCUT2D eigenvalue weighted by molar-refractivity contribution is 7.72. The summed E-state index contributed by atoms with van der Waals surface area (Å²) in [4.78, 5) is 12.5. The van der Waals surface area contributed by atoms with E-state index in [0.717, 1.165) is 44.7 Å². The number of carbonyl (C=O) groups excluding carboxylic acids is 1. The van der Waals surface area contributed by atoms with Gasteiger partial charge < -0.3 is 14.3 Å². The van der Waals surface area contributed by atoms with Crippen molar-refractivity contribution >= 4 is 27.6 Å². The lowest BCUT2D eigenvalue weighted by molar-refractivity contribution is 0.0956. The number of hydrogen-bond acceptors (Lipinski definition) is 6. The fraction of sp³-hybridized carbons (Fsp3) is 0.211. The zero-order valence-corrected chi connectivity index (χ0v) is 26.9. The smallest absolute Gasteiger partial charge is 0.251 e. The highest BCUT2D eigenvalue weighted by atomic mass is 32.2. The second kappa shape index (κ2) is 13.2. The van der Waals surface area contributed by atoms with Crippen molar-refractivity contribution in [1.82, 2.24) is 10.5 Å². The predicted octanol–water partition coefficient (Wildman–Crippen LogP) is 7.77. The van der Waals surface area contributed by atoms with E-state index < -0.39 is 10.7 Å². The van der Waals surface area contributed by atoms with Crippen LogP contribution in [0.4, 0.5) is 0 Å². The van der Waals surface area contributed by atoms with Gasteiger partial charge in [-0.15, -0.1) is 0 Å². The highest BCUT2D eigenvalue weighted by Crippen LogP contribution is 2.35. The van der Waals surface area contributed by atoms with Gasteiger partial charge in [0, 0.05) is 40.6 Å². The number of para-hydroxylation sites is 1. The Morgan fingerprint density at radius 2 is 1.54 bits per heavy atom. The second-order valence-corrected chi connectivity index (χ2v) is 13.6. The molecule has 8 heteroatoms. The third-order valence-electron chi connectivity index (χ3n) is 8.16. The Labute approximate surface area is 270 Å². The maximum Gasteiger partial charge on any atom is 0.251 e. The average Bonchev–Trinajstić information content (AvgIpc) is 3.72. The minimum atomic E-state index is -2.53. The molecular weight excluding hydrogens is 596 g/mol. The van der Waals surface area contributed by atoms with E-state index >= 15 is 0 Å². The third-order valence-corrected chi connectivity index (χ3v) is 8.75. The van der Waals surface area contributed by atoms with E-state index in [1.165, 1.54) is 5.56 Å². The normalized spacial score (nSPS) is 12.4. The summed E-state index contributed by atoms with van der Waals surface area (Å²) in [6, 6.07) is 36.1. The summed E-state index contributed by atoms with van der Waals surface area (Å²) in [5.41, 5.74) is 7.39. The van der Waals surface area contributed by atoms with Crippen LogP contribution < -0.4 is 5.32 Å². The van der Waals surface area contributed by atoms with Crippen LogP contribution >= 0.6 is 0 Å². The van der Waals surface area contributed by atoms with Gasteiger partial charge in [-0.25, -0.2) is 8.42 Å². The molecule has 0 radical (unpaired) electrons. The Balaban J connectivity index is 1.28. The van der Waals surface area contributed by atoms with Crippen molar-refractivity contribution in [1.29, 1.82) is 0 Å². The zero-order valence-electron chi connectivity index (χ0n) is 26.0. The summed E-state index contributed by atoms with van der Waals surface area (Å²) in [6.45, 7) is 6.67. The molecule has 7 nitrogen and oxygen atoms in total. The van der Waals surface area contributed by atoms with Gasteiger partial charge in [-0.05, 0) is 58.9 Å². The molecule has 2 aromatic heterocycles. The maximum absolute atomic E-state index is 12.5. The van der Waals surface area contributed by atoms with Crippen molar-refractivity contribution in [2.75, 3.05) is 12.3 Å². The fourth-order valence-electron chi connectivity index (χ4n) is 5.54. The summed E-state index contributed by atoms with van der Waals surface area (Å²) in [7, 11) is -2.53. The van der Waals surface area contributed by atoms with Crippen LogP contribution in [-0.2, 0) is 22.5 Å². The first kappa shape index (κ1) is 31.0.